The van der Waals surface area contributed by atoms with Gasteiger partial charge in [-0.2, -0.15) is 0 Å². The summed E-state index contributed by atoms with van der Waals surface area (Å²) in [6, 6.07) is 5.73. The molecule has 0 radical (unpaired) electrons. The first kappa shape index (κ1) is 14.6. The molecule has 2 amide bonds. The number of amides is 2. The maximum absolute atomic E-state index is 13.1. The Kier molecular flexibility index (Phi) is 4.15. The van der Waals surface area contributed by atoms with Crippen molar-refractivity contribution in [1.29, 1.82) is 0 Å². The number of nitrogens with zero attached hydrogens (tertiary/aromatic N) is 2. The van der Waals surface area contributed by atoms with Crippen LogP contribution in [-0.2, 0) is 16.0 Å². The highest BCUT2D eigenvalue weighted by Crippen LogP contribution is 2.25. The second-order valence-corrected chi connectivity index (χ2v) is 5.84. The monoisotopic (exact) mass is 319 g/mol. The summed E-state index contributed by atoms with van der Waals surface area (Å²) in [5.74, 6) is -0.596. The van der Waals surface area contributed by atoms with Crippen LogP contribution in [0.25, 0.3) is 0 Å². The van der Waals surface area contributed by atoms with Gasteiger partial charge < -0.3 is 5.32 Å². The van der Waals surface area contributed by atoms with Crippen LogP contribution in [0.15, 0.2) is 29.6 Å². The van der Waals surface area contributed by atoms with E-state index < -0.39 is 5.82 Å². The highest BCUT2D eigenvalue weighted by atomic mass is 32.1. The van der Waals surface area contributed by atoms with Gasteiger partial charge in [-0.3, -0.25) is 14.5 Å². The minimum atomic E-state index is -0.402. The lowest BCUT2D eigenvalue weighted by atomic mass is 10.3. The first-order chi connectivity index (χ1) is 10.6. The van der Waals surface area contributed by atoms with Crippen LogP contribution in [0.4, 0.5) is 15.2 Å². The molecule has 2 heterocycles. The van der Waals surface area contributed by atoms with Crippen LogP contribution in [0.3, 0.4) is 0 Å². The predicted octanol–water partition coefficient (Wildman–Crippen LogP) is 2.59. The van der Waals surface area contributed by atoms with Crippen LogP contribution in [-0.4, -0.2) is 23.3 Å². The van der Waals surface area contributed by atoms with Gasteiger partial charge in [-0.05, 0) is 24.6 Å². The topological polar surface area (TPSA) is 62.3 Å². The van der Waals surface area contributed by atoms with Gasteiger partial charge in [0.2, 0.25) is 11.8 Å². The maximum atomic E-state index is 13.1. The number of thiazole rings is 1. The molecule has 0 saturated carbocycles. The molecule has 0 unspecified atom stereocenters. The van der Waals surface area contributed by atoms with E-state index in [1.54, 1.807) is 16.3 Å². The van der Waals surface area contributed by atoms with Crippen molar-refractivity contribution in [2.45, 2.75) is 19.3 Å². The van der Waals surface area contributed by atoms with Gasteiger partial charge in [-0.25, -0.2) is 9.37 Å². The third-order valence-electron chi connectivity index (χ3n) is 3.29. The molecular weight excluding hydrogens is 305 g/mol. The lowest BCUT2D eigenvalue weighted by molar-refractivity contribution is -0.117. The van der Waals surface area contributed by atoms with E-state index in [9.17, 15) is 14.0 Å². The van der Waals surface area contributed by atoms with Crippen LogP contribution in [0.1, 0.15) is 18.5 Å². The fourth-order valence-electron chi connectivity index (χ4n) is 2.29. The number of hydrogen-bond acceptors (Lipinski definition) is 4. The molecule has 1 aromatic carbocycles. The zero-order chi connectivity index (χ0) is 15.5. The van der Waals surface area contributed by atoms with Crippen molar-refractivity contribution in [2.75, 3.05) is 16.8 Å². The molecule has 1 saturated heterocycles. The van der Waals surface area contributed by atoms with E-state index in [1.807, 2.05) is 0 Å². The van der Waals surface area contributed by atoms with Gasteiger partial charge in [0.1, 0.15) is 5.82 Å². The van der Waals surface area contributed by atoms with Crippen molar-refractivity contribution in [3.8, 4) is 0 Å². The minimum Gasteiger partial charge on any atom is -0.326 e. The van der Waals surface area contributed by atoms with Gasteiger partial charge in [0.25, 0.3) is 0 Å². The highest BCUT2D eigenvalue weighted by molar-refractivity contribution is 7.14. The third kappa shape index (κ3) is 3.30. The minimum absolute atomic E-state index is 0.0742. The fraction of sp³-hybridized carbons (Fsp3) is 0.267. The fourth-order valence-corrected chi connectivity index (χ4v) is 3.16. The van der Waals surface area contributed by atoms with Crippen LogP contribution in [0, 0.1) is 5.82 Å². The molecule has 2 aromatic rings. The number of aromatic nitrogens is 1. The quantitative estimate of drug-likeness (QED) is 0.942. The van der Waals surface area contributed by atoms with E-state index in [1.165, 1.54) is 29.5 Å². The largest absolute Gasteiger partial charge is 0.326 e. The lowest BCUT2D eigenvalue weighted by Crippen LogP contribution is -2.23. The number of nitrogens with one attached hydrogen (secondary N) is 1. The van der Waals surface area contributed by atoms with Crippen molar-refractivity contribution in [2.24, 2.45) is 0 Å². The number of rotatable bonds is 4. The standard InChI is InChI=1S/C15H14FN3O2S/c16-10-3-1-4-11(7-10)17-13(20)8-12-9-22-15(18-12)19-6-2-5-14(19)21/h1,3-4,7,9H,2,5-6,8H2,(H,17,20). The number of halogens is 1. The Bertz CT molecular complexity index is 716. The summed E-state index contributed by atoms with van der Waals surface area (Å²) in [7, 11) is 0. The number of hydrogen-bond donors (Lipinski definition) is 1. The molecule has 7 heteroatoms. The number of benzene rings is 1. The number of carbonyl (C=O) groups is 2. The molecule has 1 fully saturated rings. The van der Waals surface area contributed by atoms with E-state index >= 15 is 0 Å². The van der Waals surface area contributed by atoms with Gasteiger partial charge in [0, 0.05) is 24.0 Å². The van der Waals surface area contributed by atoms with Crippen molar-refractivity contribution in [3.05, 3.63) is 41.2 Å². The van der Waals surface area contributed by atoms with E-state index in [-0.39, 0.29) is 18.2 Å². The molecule has 1 aromatic heterocycles. The van der Waals surface area contributed by atoms with Crippen molar-refractivity contribution < 1.29 is 14.0 Å². The van der Waals surface area contributed by atoms with Crippen molar-refractivity contribution in [1.82, 2.24) is 4.98 Å². The second kappa shape index (κ2) is 6.23. The zero-order valence-electron chi connectivity index (χ0n) is 11.7. The summed E-state index contributed by atoms with van der Waals surface area (Å²) in [5, 5.41) is 5.03. The molecule has 22 heavy (non-hydrogen) atoms. The summed E-state index contributed by atoms with van der Waals surface area (Å²) in [4.78, 5) is 29.6. The molecule has 1 N–H and O–H groups in total. The Morgan fingerprint density at radius 2 is 2.32 bits per heavy atom. The van der Waals surface area contributed by atoms with Gasteiger partial charge >= 0.3 is 0 Å². The maximum Gasteiger partial charge on any atom is 0.230 e. The molecule has 114 valence electrons. The van der Waals surface area contributed by atoms with E-state index in [4.69, 9.17) is 0 Å². The normalized spacial score (nSPS) is 14.4. The summed E-state index contributed by atoms with van der Waals surface area (Å²) in [6.07, 6.45) is 1.48. The Morgan fingerprint density at radius 3 is 3.05 bits per heavy atom. The Morgan fingerprint density at radius 1 is 1.45 bits per heavy atom. The Labute approximate surface area is 130 Å². The summed E-state index contributed by atoms with van der Waals surface area (Å²) >= 11 is 1.36. The van der Waals surface area contributed by atoms with Crippen molar-refractivity contribution in [3.63, 3.8) is 0 Å². The number of anilines is 2. The average Bonchev–Trinajstić information content (AvgIpc) is 3.07. The van der Waals surface area contributed by atoms with E-state index in [0.29, 0.717) is 29.5 Å². The van der Waals surface area contributed by atoms with Gasteiger partial charge in [0.05, 0.1) is 12.1 Å². The molecule has 0 spiro atoms. The van der Waals surface area contributed by atoms with Crippen molar-refractivity contribution >= 4 is 34.0 Å². The van der Waals surface area contributed by atoms with Gasteiger partial charge in [0.15, 0.2) is 5.13 Å². The molecule has 1 aliphatic rings. The summed E-state index contributed by atoms with van der Waals surface area (Å²) in [5.41, 5.74) is 1.02. The Hall–Kier alpha value is -2.28. The Balaban J connectivity index is 1.62. The van der Waals surface area contributed by atoms with Gasteiger partial charge in [-0.15, -0.1) is 11.3 Å². The summed E-state index contributed by atoms with van der Waals surface area (Å²) in [6.45, 7) is 0.682. The van der Waals surface area contributed by atoms with Crippen LogP contribution < -0.4 is 10.2 Å². The highest BCUT2D eigenvalue weighted by Gasteiger charge is 2.24. The lowest BCUT2D eigenvalue weighted by Gasteiger charge is -2.10. The van der Waals surface area contributed by atoms with Crippen LogP contribution >= 0.6 is 11.3 Å². The molecule has 5 nitrogen and oxygen atoms in total. The third-order valence-corrected chi connectivity index (χ3v) is 4.21. The van der Waals surface area contributed by atoms with Gasteiger partial charge in [-0.1, -0.05) is 6.07 Å². The SMILES string of the molecule is O=C(Cc1csc(N2CCCC2=O)n1)Nc1cccc(F)c1. The van der Waals surface area contributed by atoms with Crippen LogP contribution in [0.5, 0.6) is 0 Å². The molecule has 0 aliphatic carbocycles. The molecule has 1 aliphatic heterocycles. The molecule has 0 bridgehead atoms. The smallest absolute Gasteiger partial charge is 0.230 e. The summed E-state index contributed by atoms with van der Waals surface area (Å²) < 4.78 is 13.1. The molecule has 3 rings (SSSR count). The average molecular weight is 319 g/mol. The van der Waals surface area contributed by atoms with E-state index in [2.05, 4.69) is 10.3 Å². The predicted molar refractivity (Wildman–Crippen MR) is 82.4 cm³/mol. The first-order valence-corrected chi connectivity index (χ1v) is 7.80. The second-order valence-electron chi connectivity index (χ2n) is 5.01. The molecular formula is C15H14FN3O2S. The zero-order valence-corrected chi connectivity index (χ0v) is 12.5. The van der Waals surface area contributed by atoms with E-state index in [0.717, 1.165) is 6.42 Å². The first-order valence-electron chi connectivity index (χ1n) is 6.92. The number of carbonyl (C=O) groups excluding carboxylic acids is 2. The molecule has 0 atom stereocenters. The van der Waals surface area contributed by atoms with Crippen LogP contribution in [0.2, 0.25) is 0 Å².